The lowest BCUT2D eigenvalue weighted by molar-refractivity contribution is 0.0747. The van der Waals surface area contributed by atoms with Crippen molar-refractivity contribution in [3.05, 3.63) is 47.5 Å². The average molecular weight is 366 g/mol. The molecule has 1 heterocycles. The van der Waals surface area contributed by atoms with Gasteiger partial charge in [-0.3, -0.25) is 9.59 Å². The molecule has 1 fully saturated rings. The van der Waals surface area contributed by atoms with Crippen LogP contribution in [0.2, 0.25) is 0 Å². The van der Waals surface area contributed by atoms with Crippen LogP contribution in [0.15, 0.2) is 36.4 Å². The van der Waals surface area contributed by atoms with E-state index in [1.807, 2.05) is 41.3 Å². The third-order valence-electron chi connectivity index (χ3n) is 5.71. The average Bonchev–Trinajstić information content (AvgIpc) is 2.73. The van der Waals surface area contributed by atoms with Crippen LogP contribution in [0.5, 0.6) is 0 Å². The van der Waals surface area contributed by atoms with Gasteiger partial charge in [0.2, 0.25) is 0 Å². The fourth-order valence-electron chi connectivity index (χ4n) is 4.11. The maximum Gasteiger partial charge on any atom is 0.254 e. The van der Waals surface area contributed by atoms with Gasteiger partial charge in [-0.15, -0.1) is 0 Å². The Morgan fingerprint density at radius 1 is 0.741 bits per heavy atom. The molecule has 3 rings (SSSR count). The molecule has 0 N–H and O–H groups in total. The second kappa shape index (κ2) is 10.2. The normalized spacial score (nSPS) is 17.6. The molecular formula is C24H31NO2. The van der Waals surface area contributed by atoms with Crippen molar-refractivity contribution >= 4 is 23.0 Å². The minimum atomic E-state index is 0.0118. The van der Waals surface area contributed by atoms with Gasteiger partial charge in [-0.1, -0.05) is 81.7 Å². The van der Waals surface area contributed by atoms with Gasteiger partial charge in [0.15, 0.2) is 6.29 Å². The van der Waals surface area contributed by atoms with E-state index in [1.165, 1.54) is 51.4 Å². The topological polar surface area (TPSA) is 37.4 Å². The summed E-state index contributed by atoms with van der Waals surface area (Å²) < 4.78 is 0. The predicted molar refractivity (Wildman–Crippen MR) is 111 cm³/mol. The number of carbonyl (C=O) groups excluding carboxylic acids is 2. The molecule has 2 aromatic rings. The van der Waals surface area contributed by atoms with Crippen LogP contribution in [0, 0.1) is 0 Å². The maximum absolute atomic E-state index is 13.3. The van der Waals surface area contributed by atoms with E-state index < -0.39 is 0 Å². The molecule has 1 aliphatic rings. The van der Waals surface area contributed by atoms with Gasteiger partial charge in [-0.2, -0.15) is 0 Å². The second-order valence-corrected chi connectivity index (χ2v) is 7.69. The van der Waals surface area contributed by atoms with Crippen molar-refractivity contribution in [1.82, 2.24) is 4.90 Å². The van der Waals surface area contributed by atoms with E-state index in [2.05, 4.69) is 0 Å². The Balaban J connectivity index is 1.80. The lowest BCUT2D eigenvalue weighted by atomic mass is 9.98. The zero-order chi connectivity index (χ0) is 18.9. The van der Waals surface area contributed by atoms with Crippen molar-refractivity contribution in [3.8, 4) is 0 Å². The summed E-state index contributed by atoms with van der Waals surface area (Å²) in [4.78, 5) is 27.1. The van der Waals surface area contributed by atoms with Crippen molar-refractivity contribution in [1.29, 1.82) is 0 Å². The zero-order valence-electron chi connectivity index (χ0n) is 16.3. The minimum Gasteiger partial charge on any atom is -0.339 e. The summed E-state index contributed by atoms with van der Waals surface area (Å²) in [6, 6.07) is 11.6. The number of nitrogens with zero attached hydrogens (tertiary/aromatic N) is 1. The van der Waals surface area contributed by atoms with Crippen LogP contribution in [-0.4, -0.2) is 30.2 Å². The molecule has 1 saturated heterocycles. The van der Waals surface area contributed by atoms with Crippen LogP contribution in [0.1, 0.15) is 84.9 Å². The predicted octanol–water partition coefficient (Wildman–Crippen LogP) is 6.01. The zero-order valence-corrected chi connectivity index (χ0v) is 16.3. The largest absolute Gasteiger partial charge is 0.339 e. The van der Waals surface area contributed by atoms with E-state index in [0.717, 1.165) is 43.0 Å². The molecule has 0 radical (unpaired) electrons. The number of carbonyl (C=O) groups is 2. The highest BCUT2D eigenvalue weighted by molar-refractivity contribution is 6.09. The van der Waals surface area contributed by atoms with E-state index in [-0.39, 0.29) is 5.91 Å². The SMILES string of the molecule is O=Cc1c(C(=O)N2CCCCCCCCCCCC2)ccc2ccccc12. The Morgan fingerprint density at radius 3 is 1.89 bits per heavy atom. The molecule has 3 nitrogen and oxygen atoms in total. The highest BCUT2D eigenvalue weighted by atomic mass is 16.2. The number of fused-ring (bicyclic) bond motifs is 1. The third kappa shape index (κ3) is 5.18. The Kier molecular flexibility index (Phi) is 7.44. The Morgan fingerprint density at radius 2 is 1.30 bits per heavy atom. The van der Waals surface area contributed by atoms with Gasteiger partial charge in [-0.25, -0.2) is 0 Å². The van der Waals surface area contributed by atoms with E-state index in [4.69, 9.17) is 0 Å². The number of benzene rings is 2. The Hall–Kier alpha value is -2.16. The quantitative estimate of drug-likeness (QED) is 0.611. The summed E-state index contributed by atoms with van der Waals surface area (Å²) in [6.07, 6.45) is 13.2. The first-order valence-corrected chi connectivity index (χ1v) is 10.6. The molecule has 0 saturated carbocycles. The van der Waals surface area contributed by atoms with Crippen LogP contribution < -0.4 is 0 Å². The number of amides is 1. The summed E-state index contributed by atoms with van der Waals surface area (Å²) >= 11 is 0. The molecule has 0 aromatic heterocycles. The van der Waals surface area contributed by atoms with Crippen LogP contribution >= 0.6 is 0 Å². The van der Waals surface area contributed by atoms with Gasteiger partial charge in [0, 0.05) is 18.7 Å². The molecule has 0 unspecified atom stereocenters. The number of rotatable bonds is 2. The third-order valence-corrected chi connectivity index (χ3v) is 5.71. The van der Waals surface area contributed by atoms with Gasteiger partial charge in [-0.05, 0) is 29.7 Å². The summed E-state index contributed by atoms with van der Waals surface area (Å²) in [5, 5.41) is 1.87. The van der Waals surface area contributed by atoms with Gasteiger partial charge < -0.3 is 4.90 Å². The lowest BCUT2D eigenvalue weighted by Crippen LogP contribution is -2.33. The van der Waals surface area contributed by atoms with E-state index in [1.54, 1.807) is 0 Å². The molecule has 1 aliphatic heterocycles. The fraction of sp³-hybridized carbons (Fsp3) is 0.500. The van der Waals surface area contributed by atoms with Crippen LogP contribution in [0.3, 0.4) is 0 Å². The molecule has 144 valence electrons. The summed E-state index contributed by atoms with van der Waals surface area (Å²) in [5.74, 6) is 0.0118. The molecule has 0 spiro atoms. The van der Waals surface area contributed by atoms with Gasteiger partial charge >= 0.3 is 0 Å². The van der Waals surface area contributed by atoms with Crippen LogP contribution in [-0.2, 0) is 0 Å². The van der Waals surface area contributed by atoms with Gasteiger partial charge in [0.1, 0.15) is 0 Å². The van der Waals surface area contributed by atoms with Gasteiger partial charge in [0.05, 0.1) is 5.56 Å². The van der Waals surface area contributed by atoms with E-state index >= 15 is 0 Å². The standard InChI is InChI=1S/C24H31NO2/c26-19-23-21-14-10-9-13-20(21)15-16-22(23)24(27)25-17-11-7-5-3-1-2-4-6-8-12-18-25/h9-10,13-16,19H,1-8,11-12,17-18H2. The monoisotopic (exact) mass is 365 g/mol. The lowest BCUT2D eigenvalue weighted by Gasteiger charge is -2.24. The van der Waals surface area contributed by atoms with Crippen LogP contribution in [0.4, 0.5) is 0 Å². The molecule has 0 atom stereocenters. The highest BCUT2D eigenvalue weighted by Gasteiger charge is 2.20. The summed E-state index contributed by atoms with van der Waals surface area (Å²) in [5.41, 5.74) is 1.08. The Labute approximate surface area is 162 Å². The van der Waals surface area contributed by atoms with Crippen molar-refractivity contribution in [3.63, 3.8) is 0 Å². The smallest absolute Gasteiger partial charge is 0.254 e. The second-order valence-electron chi connectivity index (χ2n) is 7.69. The fourth-order valence-corrected chi connectivity index (χ4v) is 4.11. The highest BCUT2D eigenvalue weighted by Crippen LogP contribution is 2.23. The van der Waals surface area contributed by atoms with Crippen molar-refractivity contribution in [2.24, 2.45) is 0 Å². The molecule has 27 heavy (non-hydrogen) atoms. The van der Waals surface area contributed by atoms with Gasteiger partial charge in [0.25, 0.3) is 5.91 Å². The molecule has 0 aliphatic carbocycles. The van der Waals surface area contributed by atoms with Crippen molar-refractivity contribution in [2.75, 3.05) is 13.1 Å². The maximum atomic E-state index is 13.3. The number of hydrogen-bond donors (Lipinski definition) is 0. The molecule has 3 heteroatoms. The van der Waals surface area contributed by atoms with E-state index in [9.17, 15) is 9.59 Å². The first-order chi connectivity index (χ1) is 13.3. The molecule has 2 aromatic carbocycles. The van der Waals surface area contributed by atoms with E-state index in [0.29, 0.717) is 11.1 Å². The summed E-state index contributed by atoms with van der Waals surface area (Å²) in [7, 11) is 0. The number of hydrogen-bond acceptors (Lipinski definition) is 2. The summed E-state index contributed by atoms with van der Waals surface area (Å²) in [6.45, 7) is 1.59. The first kappa shape index (κ1) is 19.6. The molecule has 1 amide bonds. The Bertz CT molecular complexity index is 754. The molecule has 0 bridgehead atoms. The first-order valence-electron chi connectivity index (χ1n) is 10.6. The van der Waals surface area contributed by atoms with Crippen molar-refractivity contribution < 1.29 is 9.59 Å². The van der Waals surface area contributed by atoms with Crippen molar-refractivity contribution in [2.45, 2.75) is 64.2 Å². The number of aldehydes is 1. The minimum absolute atomic E-state index is 0.0118. The molecular weight excluding hydrogens is 334 g/mol. The van der Waals surface area contributed by atoms with Crippen LogP contribution in [0.25, 0.3) is 10.8 Å².